The number of rotatable bonds is 9. The molecule has 0 bridgehead atoms. The minimum absolute atomic E-state index is 0.0752. The zero-order valence-corrected chi connectivity index (χ0v) is 21.6. The number of aromatic nitrogens is 1. The van der Waals surface area contributed by atoms with Crippen LogP contribution in [-0.2, 0) is 16.1 Å². The molecule has 1 saturated heterocycles. The Balaban J connectivity index is 1.92. The average molecular weight is 515 g/mol. The van der Waals surface area contributed by atoms with E-state index < -0.39 is 24.0 Å². The van der Waals surface area contributed by atoms with E-state index in [1.165, 1.54) is 11.3 Å². The summed E-state index contributed by atoms with van der Waals surface area (Å²) in [6.45, 7) is 8.66. The molecule has 1 aliphatic rings. The number of nitrogens with zero attached hydrogens (tertiary/aromatic N) is 2. The Morgan fingerprint density at radius 2 is 2.09 bits per heavy atom. The lowest BCUT2D eigenvalue weighted by Gasteiger charge is -2.47. The van der Waals surface area contributed by atoms with Crippen molar-refractivity contribution in [2.24, 2.45) is 11.3 Å². The fourth-order valence-electron chi connectivity index (χ4n) is 4.34. The Morgan fingerprint density at radius 1 is 1.37 bits per heavy atom. The maximum atomic E-state index is 13.9. The summed E-state index contributed by atoms with van der Waals surface area (Å²) in [7, 11) is 0. The fourth-order valence-corrected chi connectivity index (χ4v) is 5.47. The highest BCUT2D eigenvalue weighted by molar-refractivity contribution is 7.15. The number of piperidine rings is 1. The highest BCUT2D eigenvalue weighted by Gasteiger charge is 2.49. The molecule has 1 fully saturated rings. The number of aliphatic carboxylic acids is 1. The maximum Gasteiger partial charge on any atom is 0.387 e. The second-order valence-corrected chi connectivity index (χ2v) is 11.2. The van der Waals surface area contributed by atoms with Crippen molar-refractivity contribution in [3.63, 3.8) is 0 Å². The van der Waals surface area contributed by atoms with Crippen LogP contribution in [0.3, 0.4) is 0 Å². The summed E-state index contributed by atoms with van der Waals surface area (Å²) in [6, 6.07) is 3.35. The van der Waals surface area contributed by atoms with Crippen LogP contribution in [0.25, 0.3) is 10.6 Å². The largest absolute Gasteiger partial charge is 0.479 e. The van der Waals surface area contributed by atoms with Gasteiger partial charge in [0.2, 0.25) is 0 Å². The van der Waals surface area contributed by atoms with Crippen molar-refractivity contribution < 1.29 is 32.5 Å². The molecule has 1 aromatic heterocycles. The topological polar surface area (TPSA) is 71.9 Å². The average Bonchev–Trinajstić information content (AvgIpc) is 3.12. The molecule has 0 saturated carbocycles. The quantitative estimate of drug-likeness (QED) is 0.444. The van der Waals surface area contributed by atoms with E-state index >= 15 is 0 Å². The first kappa shape index (κ1) is 27.4. The molecule has 0 aliphatic carbocycles. The number of aryl methyl sites for hydroxylation is 1. The maximum absolute atomic E-state index is 13.9. The summed E-state index contributed by atoms with van der Waals surface area (Å²) in [6.07, 6.45) is 1.13. The van der Waals surface area contributed by atoms with Crippen LogP contribution < -0.4 is 4.74 Å². The molecule has 1 N–H and O–H groups in total. The normalized spacial score (nSPS) is 21.5. The number of hydrogen-bond acceptors (Lipinski definition) is 6. The number of carboxylic acids is 1. The van der Waals surface area contributed by atoms with Crippen LogP contribution in [-0.4, -0.2) is 52.9 Å². The van der Waals surface area contributed by atoms with Crippen LogP contribution in [0, 0.1) is 24.1 Å². The van der Waals surface area contributed by atoms with Gasteiger partial charge >= 0.3 is 12.6 Å². The number of likely N-dealkylation sites (tertiary alicyclic amines) is 1. The van der Waals surface area contributed by atoms with Crippen LogP contribution in [0.1, 0.15) is 51.1 Å². The lowest BCUT2D eigenvalue weighted by Crippen LogP contribution is -2.59. The van der Waals surface area contributed by atoms with E-state index in [1.807, 2.05) is 6.92 Å². The molecule has 2 heterocycles. The van der Waals surface area contributed by atoms with Gasteiger partial charge in [-0.2, -0.15) is 8.78 Å². The first-order valence-corrected chi connectivity index (χ1v) is 12.5. The van der Waals surface area contributed by atoms with Gasteiger partial charge in [0.15, 0.2) is 5.60 Å². The number of alkyl halides is 2. The molecule has 1 aliphatic heterocycles. The molecule has 0 amide bonds. The third-order valence-corrected chi connectivity index (χ3v) is 7.55. The number of halogens is 3. The number of carboxylic acid groups (broad SMARTS) is 1. The summed E-state index contributed by atoms with van der Waals surface area (Å²) < 4.78 is 50.2. The monoisotopic (exact) mass is 514 g/mol. The third-order valence-electron chi connectivity index (χ3n) is 6.38. The molecule has 2 atom stereocenters. The van der Waals surface area contributed by atoms with Gasteiger partial charge in [-0.25, -0.2) is 14.2 Å². The predicted octanol–water partition coefficient (Wildman–Crippen LogP) is 5.98. The van der Waals surface area contributed by atoms with Crippen molar-refractivity contribution in [3.05, 3.63) is 34.6 Å². The highest BCUT2D eigenvalue weighted by Crippen LogP contribution is 2.41. The van der Waals surface area contributed by atoms with Gasteiger partial charge in [0.05, 0.1) is 11.3 Å². The van der Waals surface area contributed by atoms with Gasteiger partial charge in [-0.05, 0) is 49.3 Å². The van der Waals surface area contributed by atoms with Gasteiger partial charge in [0, 0.05) is 31.1 Å². The summed E-state index contributed by atoms with van der Waals surface area (Å²) in [5.41, 5.74) is -0.618. The van der Waals surface area contributed by atoms with E-state index in [0.29, 0.717) is 43.2 Å². The van der Waals surface area contributed by atoms with Crippen molar-refractivity contribution in [2.45, 2.75) is 66.2 Å². The van der Waals surface area contributed by atoms with E-state index in [1.54, 1.807) is 6.92 Å². The summed E-state index contributed by atoms with van der Waals surface area (Å²) in [4.78, 5) is 19.8. The smallest absolute Gasteiger partial charge is 0.387 e. The number of thiazole rings is 1. The van der Waals surface area contributed by atoms with Crippen molar-refractivity contribution in [1.29, 1.82) is 0 Å². The first-order chi connectivity index (χ1) is 16.3. The molecule has 2 aromatic rings. The second-order valence-electron chi connectivity index (χ2n) is 10.1. The lowest BCUT2D eigenvalue weighted by atomic mass is 9.71. The lowest BCUT2D eigenvalue weighted by molar-refractivity contribution is -0.181. The van der Waals surface area contributed by atoms with Crippen LogP contribution >= 0.6 is 11.3 Å². The van der Waals surface area contributed by atoms with Gasteiger partial charge in [-0.1, -0.05) is 27.7 Å². The van der Waals surface area contributed by atoms with Gasteiger partial charge in [0.1, 0.15) is 16.6 Å². The molecular weight excluding hydrogens is 481 g/mol. The molecule has 6 nitrogen and oxygen atoms in total. The Kier molecular flexibility index (Phi) is 8.49. The van der Waals surface area contributed by atoms with Crippen molar-refractivity contribution >= 4 is 17.3 Å². The van der Waals surface area contributed by atoms with Crippen molar-refractivity contribution in [2.75, 3.05) is 19.7 Å². The summed E-state index contributed by atoms with van der Waals surface area (Å²) in [5, 5.41) is 10.5. The fraction of sp³-hybridized carbons (Fsp3) is 0.600. The number of ether oxygens (including phenoxy) is 2. The van der Waals surface area contributed by atoms with Gasteiger partial charge in [0.25, 0.3) is 0 Å². The number of hydrogen-bond donors (Lipinski definition) is 1. The van der Waals surface area contributed by atoms with E-state index in [-0.39, 0.29) is 29.2 Å². The number of carbonyl (C=O) groups is 1. The van der Waals surface area contributed by atoms with Crippen LogP contribution in [0.15, 0.2) is 18.2 Å². The molecule has 10 heteroatoms. The van der Waals surface area contributed by atoms with Crippen molar-refractivity contribution in [1.82, 2.24) is 9.88 Å². The Morgan fingerprint density at radius 3 is 2.69 bits per heavy atom. The van der Waals surface area contributed by atoms with E-state index in [2.05, 4.69) is 35.4 Å². The SMILES string of the molecule is CCCO[C@@]1(C(=O)O)C[C@@H](C(C)(C)C)CN(Cc2sc(-c3cc(F)ccc3OC(F)F)nc2C)C1. The summed E-state index contributed by atoms with van der Waals surface area (Å²) in [5.74, 6) is -1.63. The zero-order chi connectivity index (χ0) is 26.0. The standard InChI is InChI=1S/C25H33F3N2O4S/c1-6-9-33-25(22(31)32)11-16(24(3,4)5)12-30(14-25)13-20-15(2)29-21(35-20)18-10-17(26)7-8-19(18)34-23(27)28/h7-8,10,16,23H,6,9,11-14H2,1-5H3,(H,31,32)/t16-,25+/m1/s1. The van der Waals surface area contributed by atoms with E-state index in [9.17, 15) is 23.1 Å². The molecule has 0 spiro atoms. The van der Waals surface area contributed by atoms with E-state index in [4.69, 9.17) is 4.74 Å². The van der Waals surface area contributed by atoms with Gasteiger partial charge in [-0.3, -0.25) is 4.90 Å². The molecular formula is C25H33F3N2O4S. The Labute approximate surface area is 208 Å². The van der Waals surface area contributed by atoms with Crippen LogP contribution in [0.4, 0.5) is 13.2 Å². The predicted molar refractivity (Wildman–Crippen MR) is 128 cm³/mol. The Bertz CT molecular complexity index is 1040. The minimum atomic E-state index is -3.05. The highest BCUT2D eigenvalue weighted by atomic mass is 32.1. The van der Waals surface area contributed by atoms with E-state index in [0.717, 1.165) is 23.1 Å². The second kappa shape index (κ2) is 10.8. The number of benzene rings is 1. The Hall–Kier alpha value is -2.17. The molecule has 0 radical (unpaired) electrons. The molecule has 35 heavy (non-hydrogen) atoms. The molecule has 0 unspecified atom stereocenters. The van der Waals surface area contributed by atoms with Crippen molar-refractivity contribution in [3.8, 4) is 16.3 Å². The van der Waals surface area contributed by atoms with Gasteiger partial charge in [-0.15, -0.1) is 11.3 Å². The van der Waals surface area contributed by atoms with Gasteiger partial charge < -0.3 is 14.6 Å². The zero-order valence-electron chi connectivity index (χ0n) is 20.7. The molecule has 194 valence electrons. The third kappa shape index (κ3) is 6.54. The minimum Gasteiger partial charge on any atom is -0.479 e. The van der Waals surface area contributed by atoms with Crippen LogP contribution in [0.5, 0.6) is 5.75 Å². The summed E-state index contributed by atoms with van der Waals surface area (Å²) >= 11 is 1.26. The van der Waals surface area contributed by atoms with Crippen LogP contribution in [0.2, 0.25) is 0 Å². The molecule has 3 rings (SSSR count). The molecule has 1 aromatic carbocycles. The first-order valence-electron chi connectivity index (χ1n) is 11.7.